The molecular formula is C12H15F2NO. The minimum Gasteiger partial charge on any atom is -0.379 e. The third-order valence-corrected chi connectivity index (χ3v) is 2.96. The molecule has 0 aliphatic carbocycles. The fraction of sp³-hybridized carbons (Fsp3) is 0.500. The Bertz CT molecular complexity index is 344. The van der Waals surface area contributed by atoms with E-state index in [-0.39, 0.29) is 6.04 Å². The van der Waals surface area contributed by atoms with E-state index in [1.807, 2.05) is 6.92 Å². The van der Waals surface area contributed by atoms with Crippen molar-refractivity contribution in [2.24, 2.45) is 0 Å². The largest absolute Gasteiger partial charge is 0.379 e. The van der Waals surface area contributed by atoms with Gasteiger partial charge in [0.25, 0.3) is 0 Å². The highest BCUT2D eigenvalue weighted by atomic mass is 19.1. The molecule has 2 rings (SSSR count). The molecule has 88 valence electrons. The Morgan fingerprint density at radius 2 is 1.69 bits per heavy atom. The van der Waals surface area contributed by atoms with Gasteiger partial charge in [0.15, 0.2) is 0 Å². The number of morpholine rings is 1. The van der Waals surface area contributed by atoms with E-state index in [1.54, 1.807) is 0 Å². The molecule has 0 saturated carbocycles. The van der Waals surface area contributed by atoms with Gasteiger partial charge in [0.1, 0.15) is 11.6 Å². The van der Waals surface area contributed by atoms with Gasteiger partial charge in [0, 0.05) is 25.2 Å². The van der Waals surface area contributed by atoms with E-state index >= 15 is 0 Å². The van der Waals surface area contributed by atoms with Crippen LogP contribution in [0.15, 0.2) is 18.2 Å². The molecule has 0 spiro atoms. The predicted octanol–water partition coefficient (Wildman–Crippen LogP) is 2.36. The lowest BCUT2D eigenvalue weighted by Crippen LogP contribution is -2.38. The monoisotopic (exact) mass is 227 g/mol. The van der Waals surface area contributed by atoms with Crippen LogP contribution in [0.1, 0.15) is 18.5 Å². The van der Waals surface area contributed by atoms with Gasteiger partial charge in [0.05, 0.1) is 13.2 Å². The maximum Gasteiger partial charge on any atom is 0.126 e. The highest BCUT2D eigenvalue weighted by molar-refractivity contribution is 5.21. The second kappa shape index (κ2) is 4.89. The Morgan fingerprint density at radius 1 is 1.12 bits per heavy atom. The van der Waals surface area contributed by atoms with Crippen LogP contribution in [0.2, 0.25) is 0 Å². The number of halogens is 2. The van der Waals surface area contributed by atoms with E-state index in [9.17, 15) is 8.78 Å². The van der Waals surface area contributed by atoms with Gasteiger partial charge in [-0.2, -0.15) is 0 Å². The molecule has 0 radical (unpaired) electrons. The summed E-state index contributed by atoms with van der Waals surface area (Å²) in [4.78, 5) is 2.16. The summed E-state index contributed by atoms with van der Waals surface area (Å²) < 4.78 is 31.4. The Hall–Kier alpha value is -1.00. The molecule has 1 fully saturated rings. The van der Waals surface area contributed by atoms with Crippen molar-refractivity contribution in [2.45, 2.75) is 13.0 Å². The van der Waals surface area contributed by atoms with Crippen molar-refractivity contribution in [1.82, 2.24) is 4.90 Å². The number of benzene rings is 1. The third-order valence-electron chi connectivity index (χ3n) is 2.96. The summed E-state index contributed by atoms with van der Waals surface area (Å²) in [6.45, 7) is 4.93. The molecule has 1 aliphatic heterocycles. The molecule has 1 heterocycles. The summed E-state index contributed by atoms with van der Waals surface area (Å²) >= 11 is 0. The van der Waals surface area contributed by atoms with E-state index in [4.69, 9.17) is 4.74 Å². The van der Waals surface area contributed by atoms with Crippen molar-refractivity contribution in [3.05, 3.63) is 35.4 Å². The molecule has 1 saturated heterocycles. The third kappa shape index (κ3) is 2.57. The maximum absolute atomic E-state index is 13.1. The molecule has 1 aliphatic rings. The van der Waals surface area contributed by atoms with Gasteiger partial charge in [-0.3, -0.25) is 4.90 Å². The van der Waals surface area contributed by atoms with Crippen LogP contribution in [0.25, 0.3) is 0 Å². The number of ether oxygens (including phenoxy) is 1. The van der Waals surface area contributed by atoms with Crippen LogP contribution in [-0.4, -0.2) is 31.2 Å². The van der Waals surface area contributed by atoms with Gasteiger partial charge in [-0.25, -0.2) is 8.78 Å². The zero-order valence-corrected chi connectivity index (χ0v) is 9.25. The zero-order valence-electron chi connectivity index (χ0n) is 9.25. The molecule has 0 amide bonds. The van der Waals surface area contributed by atoms with Crippen LogP contribution in [-0.2, 0) is 4.74 Å². The minimum absolute atomic E-state index is 0.0223. The van der Waals surface area contributed by atoms with Crippen molar-refractivity contribution < 1.29 is 13.5 Å². The standard InChI is InChI=1S/C12H15F2NO/c1-9(15-2-4-16-5-3-15)10-6-11(13)8-12(14)7-10/h6-9H,2-5H2,1H3. The van der Waals surface area contributed by atoms with E-state index in [2.05, 4.69) is 4.90 Å². The molecule has 1 aromatic rings. The summed E-state index contributed by atoms with van der Waals surface area (Å²) in [5.41, 5.74) is 0.680. The smallest absolute Gasteiger partial charge is 0.126 e. The van der Waals surface area contributed by atoms with Crippen LogP contribution in [0.4, 0.5) is 8.78 Å². The highest BCUT2D eigenvalue weighted by Gasteiger charge is 2.19. The summed E-state index contributed by atoms with van der Waals surface area (Å²) in [6.07, 6.45) is 0. The Labute approximate surface area is 93.8 Å². The van der Waals surface area contributed by atoms with Crippen LogP contribution in [0.3, 0.4) is 0 Å². The first-order valence-electron chi connectivity index (χ1n) is 5.44. The van der Waals surface area contributed by atoms with E-state index in [0.29, 0.717) is 18.8 Å². The lowest BCUT2D eigenvalue weighted by Gasteiger charge is -2.32. The van der Waals surface area contributed by atoms with Crippen LogP contribution >= 0.6 is 0 Å². The zero-order chi connectivity index (χ0) is 11.5. The summed E-state index contributed by atoms with van der Waals surface area (Å²) in [5.74, 6) is -1.04. The van der Waals surface area contributed by atoms with E-state index < -0.39 is 11.6 Å². The molecule has 0 bridgehead atoms. The van der Waals surface area contributed by atoms with Crippen molar-refractivity contribution >= 4 is 0 Å². The maximum atomic E-state index is 13.1. The Balaban J connectivity index is 2.15. The average molecular weight is 227 g/mol. The molecule has 1 aromatic carbocycles. The minimum atomic E-state index is -0.518. The molecule has 4 heteroatoms. The number of hydrogen-bond acceptors (Lipinski definition) is 2. The first-order chi connectivity index (χ1) is 7.66. The lowest BCUT2D eigenvalue weighted by molar-refractivity contribution is 0.0197. The quantitative estimate of drug-likeness (QED) is 0.769. The first kappa shape index (κ1) is 11.5. The van der Waals surface area contributed by atoms with Crippen LogP contribution in [0, 0.1) is 11.6 Å². The molecule has 16 heavy (non-hydrogen) atoms. The summed E-state index contributed by atoms with van der Waals surface area (Å²) in [7, 11) is 0. The molecular weight excluding hydrogens is 212 g/mol. The van der Waals surface area contributed by atoms with Crippen LogP contribution < -0.4 is 0 Å². The van der Waals surface area contributed by atoms with Gasteiger partial charge in [0.2, 0.25) is 0 Å². The summed E-state index contributed by atoms with van der Waals surface area (Å²) in [5, 5.41) is 0. The predicted molar refractivity (Wildman–Crippen MR) is 57.2 cm³/mol. The fourth-order valence-electron chi connectivity index (χ4n) is 1.99. The first-order valence-corrected chi connectivity index (χ1v) is 5.44. The van der Waals surface area contributed by atoms with Crippen molar-refractivity contribution in [3.63, 3.8) is 0 Å². The second-order valence-electron chi connectivity index (χ2n) is 4.03. The molecule has 0 N–H and O–H groups in total. The molecule has 2 nitrogen and oxygen atoms in total. The van der Waals surface area contributed by atoms with Gasteiger partial charge >= 0.3 is 0 Å². The van der Waals surface area contributed by atoms with E-state index in [1.165, 1.54) is 12.1 Å². The lowest BCUT2D eigenvalue weighted by atomic mass is 10.1. The van der Waals surface area contributed by atoms with Gasteiger partial charge in [-0.05, 0) is 24.6 Å². The summed E-state index contributed by atoms with van der Waals surface area (Å²) in [6, 6.07) is 3.70. The highest BCUT2D eigenvalue weighted by Crippen LogP contribution is 2.22. The number of nitrogens with zero attached hydrogens (tertiary/aromatic N) is 1. The van der Waals surface area contributed by atoms with E-state index in [0.717, 1.165) is 19.2 Å². The van der Waals surface area contributed by atoms with Gasteiger partial charge < -0.3 is 4.74 Å². The Kier molecular flexibility index (Phi) is 3.51. The topological polar surface area (TPSA) is 12.5 Å². The normalized spacial score (nSPS) is 19.7. The van der Waals surface area contributed by atoms with Crippen molar-refractivity contribution in [2.75, 3.05) is 26.3 Å². The molecule has 0 aromatic heterocycles. The Morgan fingerprint density at radius 3 is 2.25 bits per heavy atom. The van der Waals surface area contributed by atoms with Crippen LogP contribution in [0.5, 0.6) is 0 Å². The number of hydrogen-bond donors (Lipinski definition) is 0. The molecule has 1 atom stereocenters. The van der Waals surface area contributed by atoms with Gasteiger partial charge in [-0.15, -0.1) is 0 Å². The SMILES string of the molecule is CC(c1cc(F)cc(F)c1)N1CCOCC1. The number of rotatable bonds is 2. The van der Waals surface area contributed by atoms with Crippen molar-refractivity contribution in [1.29, 1.82) is 0 Å². The molecule has 1 unspecified atom stereocenters. The second-order valence-corrected chi connectivity index (χ2v) is 4.03. The average Bonchev–Trinajstić information content (AvgIpc) is 2.28. The van der Waals surface area contributed by atoms with Gasteiger partial charge in [-0.1, -0.05) is 0 Å². The van der Waals surface area contributed by atoms with Crippen molar-refractivity contribution in [3.8, 4) is 0 Å². The fourth-order valence-corrected chi connectivity index (χ4v) is 1.99.